The predicted octanol–water partition coefficient (Wildman–Crippen LogP) is 3.47. The van der Waals surface area contributed by atoms with E-state index in [2.05, 4.69) is 27.9 Å². The fourth-order valence-electron chi connectivity index (χ4n) is 4.64. The Morgan fingerprint density at radius 2 is 2.03 bits per heavy atom. The number of nitrogens with two attached hydrogens (primary N) is 1. The minimum absolute atomic E-state index is 0.00996. The normalized spacial score (nSPS) is 21.0. The van der Waals surface area contributed by atoms with Gasteiger partial charge in [-0.3, -0.25) is 0 Å². The number of methoxy groups -OCH3 is 1. The molecule has 1 aliphatic rings. The van der Waals surface area contributed by atoms with E-state index in [0.717, 1.165) is 65.1 Å². The van der Waals surface area contributed by atoms with Crippen LogP contribution in [0, 0.1) is 13.8 Å². The number of ether oxygens (including phenoxy) is 1. The maximum Gasteiger partial charge on any atom is 0.141 e. The van der Waals surface area contributed by atoms with Gasteiger partial charge in [0.1, 0.15) is 11.6 Å². The maximum absolute atomic E-state index is 9.91. The molecule has 0 bridgehead atoms. The van der Waals surface area contributed by atoms with Crippen molar-refractivity contribution < 1.29 is 14.4 Å². The van der Waals surface area contributed by atoms with Crippen LogP contribution in [0.25, 0.3) is 22.2 Å². The zero-order valence-electron chi connectivity index (χ0n) is 17.4. The Hall–Kier alpha value is -2.22. The summed E-state index contributed by atoms with van der Waals surface area (Å²) in [6.07, 6.45) is 4.46. The van der Waals surface area contributed by atoms with Crippen LogP contribution in [0.2, 0.25) is 0 Å². The second-order valence-electron chi connectivity index (χ2n) is 8.02. The molecule has 0 aliphatic heterocycles. The molecule has 4 rings (SSSR count). The first-order chi connectivity index (χ1) is 14.1. The van der Waals surface area contributed by atoms with Crippen LogP contribution in [0.4, 0.5) is 0 Å². The minimum Gasteiger partial charge on any atom is -0.396 e. The molecular weight excluding hydrogens is 368 g/mol. The largest absolute Gasteiger partial charge is 0.396 e. The van der Waals surface area contributed by atoms with Crippen LogP contribution >= 0.6 is 0 Å². The van der Waals surface area contributed by atoms with Crippen LogP contribution in [0.3, 0.4) is 0 Å². The number of hydrogen-bond donors (Lipinski definition) is 2. The van der Waals surface area contributed by atoms with Crippen molar-refractivity contribution in [2.45, 2.75) is 57.6 Å². The molecule has 2 aromatic heterocycles. The molecule has 3 aromatic rings. The lowest BCUT2D eigenvalue weighted by Gasteiger charge is -2.31. The molecule has 0 saturated heterocycles. The molecule has 7 heteroatoms. The number of aliphatic hydroxyl groups is 1. The van der Waals surface area contributed by atoms with Gasteiger partial charge in [0.25, 0.3) is 0 Å². The molecule has 1 atom stereocenters. The molecule has 0 radical (unpaired) electrons. The highest BCUT2D eigenvalue weighted by Crippen LogP contribution is 2.37. The number of hydrogen-bond acceptors (Lipinski definition) is 6. The summed E-state index contributed by atoms with van der Waals surface area (Å²) in [6, 6.07) is 6.66. The van der Waals surface area contributed by atoms with Gasteiger partial charge in [-0.15, -0.1) is 0 Å². The lowest BCUT2D eigenvalue weighted by molar-refractivity contribution is 0.0583. The zero-order valence-corrected chi connectivity index (χ0v) is 17.4. The molecule has 1 unspecified atom stereocenters. The number of aromatic nitrogens is 3. The summed E-state index contributed by atoms with van der Waals surface area (Å²) in [4.78, 5) is 4.94. The third-order valence-corrected chi connectivity index (χ3v) is 6.25. The molecule has 1 saturated carbocycles. The summed E-state index contributed by atoms with van der Waals surface area (Å²) >= 11 is 0. The third kappa shape index (κ3) is 3.58. The van der Waals surface area contributed by atoms with Crippen LogP contribution < -0.4 is 5.73 Å². The van der Waals surface area contributed by atoms with Crippen LogP contribution in [-0.2, 0) is 4.74 Å². The van der Waals surface area contributed by atoms with Crippen molar-refractivity contribution in [3.05, 3.63) is 35.5 Å². The van der Waals surface area contributed by atoms with Gasteiger partial charge >= 0.3 is 0 Å². The molecule has 1 fully saturated rings. The standard InChI is InChI=1S/C22H30N4O3/c1-13-21(14(2)29-25-13)15-4-9-20-19(10-15)24-22(16(11-23)12-27)26(20)17-5-7-18(28-3)8-6-17/h4,9-10,16-18,27H,5-8,11-12,23H2,1-3H3. The van der Waals surface area contributed by atoms with Crippen molar-refractivity contribution in [1.82, 2.24) is 14.7 Å². The molecular formula is C22H30N4O3. The van der Waals surface area contributed by atoms with E-state index in [9.17, 15) is 5.11 Å². The average Bonchev–Trinajstić information content (AvgIpc) is 3.28. The molecule has 1 aromatic carbocycles. The second-order valence-corrected chi connectivity index (χ2v) is 8.02. The summed E-state index contributed by atoms with van der Waals surface area (Å²) in [5.41, 5.74) is 10.9. The van der Waals surface area contributed by atoms with Crippen LogP contribution in [0.5, 0.6) is 0 Å². The van der Waals surface area contributed by atoms with E-state index < -0.39 is 0 Å². The van der Waals surface area contributed by atoms with Gasteiger partial charge in [0, 0.05) is 25.3 Å². The van der Waals surface area contributed by atoms with Gasteiger partial charge in [0.2, 0.25) is 0 Å². The summed E-state index contributed by atoms with van der Waals surface area (Å²) in [5.74, 6) is 1.50. The molecule has 156 valence electrons. The van der Waals surface area contributed by atoms with E-state index >= 15 is 0 Å². The summed E-state index contributed by atoms with van der Waals surface area (Å²) in [5, 5.41) is 14.0. The molecule has 3 N–H and O–H groups in total. The van der Waals surface area contributed by atoms with Crippen LogP contribution in [-0.4, -0.2) is 46.2 Å². The molecule has 29 heavy (non-hydrogen) atoms. The lowest BCUT2D eigenvalue weighted by Crippen LogP contribution is -2.26. The van der Waals surface area contributed by atoms with Gasteiger partial charge in [-0.2, -0.15) is 0 Å². The summed E-state index contributed by atoms with van der Waals surface area (Å²) < 4.78 is 13.2. The number of benzene rings is 1. The second kappa shape index (κ2) is 8.26. The SMILES string of the molecule is COC1CCC(n2c(C(CN)CO)nc3cc(-c4c(C)noc4C)ccc32)CC1. The van der Waals surface area contributed by atoms with Gasteiger partial charge in [-0.25, -0.2) is 4.98 Å². The smallest absolute Gasteiger partial charge is 0.141 e. The van der Waals surface area contributed by atoms with Gasteiger partial charge in [-0.05, 0) is 57.2 Å². The highest BCUT2D eigenvalue weighted by molar-refractivity contribution is 5.84. The average molecular weight is 399 g/mol. The van der Waals surface area contributed by atoms with E-state index in [0.29, 0.717) is 18.7 Å². The van der Waals surface area contributed by atoms with Gasteiger partial charge in [0.05, 0.1) is 35.4 Å². The topological polar surface area (TPSA) is 99.3 Å². The molecule has 7 nitrogen and oxygen atoms in total. The number of rotatable bonds is 6. The number of aryl methyl sites for hydroxylation is 2. The number of aliphatic hydroxyl groups excluding tert-OH is 1. The molecule has 0 amide bonds. The van der Waals surface area contributed by atoms with Crippen LogP contribution in [0.15, 0.2) is 22.7 Å². The molecule has 0 spiro atoms. The Labute approximate surface area is 170 Å². The summed E-state index contributed by atoms with van der Waals surface area (Å²) in [7, 11) is 1.79. The van der Waals surface area contributed by atoms with Crippen molar-refractivity contribution >= 4 is 11.0 Å². The Morgan fingerprint density at radius 3 is 2.62 bits per heavy atom. The van der Waals surface area contributed by atoms with Crippen molar-refractivity contribution in [2.24, 2.45) is 5.73 Å². The van der Waals surface area contributed by atoms with Crippen molar-refractivity contribution in [1.29, 1.82) is 0 Å². The van der Waals surface area contributed by atoms with Crippen molar-refractivity contribution in [2.75, 3.05) is 20.3 Å². The van der Waals surface area contributed by atoms with Crippen molar-refractivity contribution in [3.8, 4) is 11.1 Å². The third-order valence-electron chi connectivity index (χ3n) is 6.25. The first-order valence-corrected chi connectivity index (χ1v) is 10.4. The van der Waals surface area contributed by atoms with E-state index in [-0.39, 0.29) is 12.5 Å². The number of imidazole rings is 1. The van der Waals surface area contributed by atoms with Gasteiger partial charge < -0.3 is 24.7 Å². The first kappa shape index (κ1) is 20.1. The molecule has 1 aliphatic carbocycles. The lowest BCUT2D eigenvalue weighted by atomic mass is 9.92. The fraction of sp³-hybridized carbons (Fsp3) is 0.545. The van der Waals surface area contributed by atoms with Crippen molar-refractivity contribution in [3.63, 3.8) is 0 Å². The number of nitrogens with zero attached hydrogens (tertiary/aromatic N) is 3. The van der Waals surface area contributed by atoms with E-state index in [4.69, 9.17) is 20.0 Å². The van der Waals surface area contributed by atoms with E-state index in [1.165, 1.54) is 0 Å². The highest BCUT2D eigenvalue weighted by atomic mass is 16.5. The monoisotopic (exact) mass is 398 g/mol. The minimum atomic E-state index is -0.176. The predicted molar refractivity (Wildman–Crippen MR) is 112 cm³/mol. The fourth-order valence-corrected chi connectivity index (χ4v) is 4.64. The first-order valence-electron chi connectivity index (χ1n) is 10.4. The molecule has 2 heterocycles. The Morgan fingerprint density at radius 1 is 1.28 bits per heavy atom. The van der Waals surface area contributed by atoms with Gasteiger partial charge in [-0.1, -0.05) is 11.2 Å². The Bertz CT molecular complexity index is 962. The van der Waals surface area contributed by atoms with E-state index in [1.807, 2.05) is 13.8 Å². The van der Waals surface area contributed by atoms with E-state index in [1.54, 1.807) is 7.11 Å². The number of fused-ring (bicyclic) bond motifs is 1. The quantitative estimate of drug-likeness (QED) is 0.659. The van der Waals surface area contributed by atoms with Gasteiger partial charge in [0.15, 0.2) is 0 Å². The Balaban J connectivity index is 1.81. The van der Waals surface area contributed by atoms with Crippen LogP contribution in [0.1, 0.15) is 54.9 Å². The zero-order chi connectivity index (χ0) is 20.5. The maximum atomic E-state index is 9.91. The summed E-state index contributed by atoms with van der Waals surface area (Å²) in [6.45, 7) is 4.23. The Kier molecular flexibility index (Phi) is 5.72. The highest BCUT2D eigenvalue weighted by Gasteiger charge is 2.28.